The Bertz CT molecular complexity index is 539. The van der Waals surface area contributed by atoms with Crippen molar-refractivity contribution in [2.45, 2.75) is 20.4 Å². The van der Waals surface area contributed by atoms with Gasteiger partial charge < -0.3 is 19.8 Å². The minimum atomic E-state index is 0.357. The van der Waals surface area contributed by atoms with E-state index in [-0.39, 0.29) is 0 Å². The van der Waals surface area contributed by atoms with Crippen LogP contribution >= 0.6 is 0 Å². The number of ether oxygens (including phenoxy) is 1. The molecule has 1 heterocycles. The van der Waals surface area contributed by atoms with Crippen molar-refractivity contribution >= 4 is 11.7 Å². The molecule has 1 aromatic heterocycles. The summed E-state index contributed by atoms with van der Waals surface area (Å²) < 4.78 is 10.8. The highest BCUT2D eigenvalue weighted by Crippen LogP contribution is 2.26. The maximum absolute atomic E-state index is 5.52. The Morgan fingerprint density at radius 3 is 2.80 bits per heavy atom. The maximum Gasteiger partial charge on any atom is 0.320 e. The molecule has 0 aliphatic rings. The van der Waals surface area contributed by atoms with E-state index in [1.54, 1.807) is 7.11 Å². The first-order chi connectivity index (χ1) is 9.69. The van der Waals surface area contributed by atoms with Gasteiger partial charge in [-0.05, 0) is 24.6 Å². The van der Waals surface area contributed by atoms with Gasteiger partial charge in [0.1, 0.15) is 5.75 Å². The predicted molar refractivity (Wildman–Crippen MR) is 77.1 cm³/mol. The molecule has 20 heavy (non-hydrogen) atoms. The lowest BCUT2D eigenvalue weighted by Crippen LogP contribution is -2.19. The lowest BCUT2D eigenvalue weighted by Gasteiger charge is -2.07. The van der Waals surface area contributed by atoms with E-state index in [2.05, 4.69) is 34.7 Å². The number of methoxy groups -OCH3 is 1. The SMILES string of the molecule is COc1ccccc1Nc1nnc(CNCC(C)C)o1. The van der Waals surface area contributed by atoms with Gasteiger partial charge in [-0.1, -0.05) is 31.1 Å². The molecule has 0 aliphatic carbocycles. The molecule has 0 amide bonds. The summed E-state index contributed by atoms with van der Waals surface area (Å²) >= 11 is 0. The summed E-state index contributed by atoms with van der Waals surface area (Å²) in [6.07, 6.45) is 0. The van der Waals surface area contributed by atoms with Crippen LogP contribution in [-0.2, 0) is 6.54 Å². The topological polar surface area (TPSA) is 72.2 Å². The summed E-state index contributed by atoms with van der Waals surface area (Å²) in [7, 11) is 1.62. The molecule has 0 radical (unpaired) electrons. The molecule has 108 valence electrons. The van der Waals surface area contributed by atoms with Crippen LogP contribution in [0, 0.1) is 5.92 Å². The van der Waals surface area contributed by atoms with Gasteiger partial charge in [-0.3, -0.25) is 0 Å². The minimum Gasteiger partial charge on any atom is -0.495 e. The molecule has 0 saturated heterocycles. The first kappa shape index (κ1) is 14.3. The third kappa shape index (κ3) is 3.96. The fourth-order valence-electron chi connectivity index (χ4n) is 1.71. The average Bonchev–Trinajstić information content (AvgIpc) is 2.86. The first-order valence-electron chi connectivity index (χ1n) is 6.62. The molecule has 2 rings (SSSR count). The van der Waals surface area contributed by atoms with Gasteiger partial charge >= 0.3 is 6.01 Å². The number of rotatable bonds is 7. The number of benzene rings is 1. The van der Waals surface area contributed by atoms with Crippen LogP contribution in [0.1, 0.15) is 19.7 Å². The van der Waals surface area contributed by atoms with Crippen LogP contribution in [0.2, 0.25) is 0 Å². The standard InChI is InChI=1S/C14H20N4O2/c1-10(2)8-15-9-13-17-18-14(20-13)16-11-6-4-5-7-12(11)19-3/h4-7,10,15H,8-9H2,1-3H3,(H,16,18). The van der Waals surface area contributed by atoms with Crippen molar-refractivity contribution in [1.82, 2.24) is 15.5 Å². The number of nitrogens with zero attached hydrogens (tertiary/aromatic N) is 2. The van der Waals surface area contributed by atoms with E-state index in [1.807, 2.05) is 24.3 Å². The van der Waals surface area contributed by atoms with E-state index < -0.39 is 0 Å². The molecule has 6 nitrogen and oxygen atoms in total. The second-order valence-electron chi connectivity index (χ2n) is 4.85. The van der Waals surface area contributed by atoms with Gasteiger partial charge in [0.05, 0.1) is 19.3 Å². The smallest absolute Gasteiger partial charge is 0.320 e. The van der Waals surface area contributed by atoms with Gasteiger partial charge in [0, 0.05) is 0 Å². The third-order valence-corrected chi connectivity index (χ3v) is 2.64. The van der Waals surface area contributed by atoms with Gasteiger partial charge in [-0.25, -0.2) is 0 Å². The van der Waals surface area contributed by atoms with E-state index >= 15 is 0 Å². The Morgan fingerprint density at radius 2 is 2.05 bits per heavy atom. The van der Waals surface area contributed by atoms with Gasteiger partial charge in [0.2, 0.25) is 5.89 Å². The summed E-state index contributed by atoms with van der Waals surface area (Å²) in [5.41, 5.74) is 0.792. The zero-order valence-electron chi connectivity index (χ0n) is 12.0. The highest BCUT2D eigenvalue weighted by atomic mass is 16.5. The fraction of sp³-hybridized carbons (Fsp3) is 0.429. The molecule has 0 aliphatic heterocycles. The Balaban J connectivity index is 1.95. The Kier molecular flexibility index (Phi) is 4.95. The normalized spacial score (nSPS) is 10.8. The molecule has 2 aromatic rings. The molecule has 0 spiro atoms. The van der Waals surface area contributed by atoms with E-state index in [1.165, 1.54) is 0 Å². The average molecular weight is 276 g/mol. The highest BCUT2D eigenvalue weighted by Gasteiger charge is 2.08. The molecular weight excluding hydrogens is 256 g/mol. The van der Waals surface area contributed by atoms with Crippen molar-refractivity contribution in [2.24, 2.45) is 5.92 Å². The van der Waals surface area contributed by atoms with Crippen LogP contribution in [0.25, 0.3) is 0 Å². The zero-order valence-corrected chi connectivity index (χ0v) is 12.0. The van der Waals surface area contributed by atoms with E-state index in [0.717, 1.165) is 18.0 Å². The second kappa shape index (κ2) is 6.91. The molecule has 0 unspecified atom stereocenters. The molecule has 1 aromatic carbocycles. The monoisotopic (exact) mass is 276 g/mol. The van der Waals surface area contributed by atoms with Crippen molar-refractivity contribution in [3.05, 3.63) is 30.2 Å². The van der Waals surface area contributed by atoms with Gasteiger partial charge in [0.25, 0.3) is 0 Å². The van der Waals surface area contributed by atoms with Crippen molar-refractivity contribution < 1.29 is 9.15 Å². The predicted octanol–water partition coefficient (Wildman–Crippen LogP) is 2.57. The van der Waals surface area contributed by atoms with E-state index in [0.29, 0.717) is 24.4 Å². The summed E-state index contributed by atoms with van der Waals surface area (Å²) in [5.74, 6) is 1.87. The van der Waals surface area contributed by atoms with Crippen LogP contribution in [0.4, 0.5) is 11.7 Å². The van der Waals surface area contributed by atoms with Crippen molar-refractivity contribution in [3.63, 3.8) is 0 Å². The lowest BCUT2D eigenvalue weighted by molar-refractivity contribution is 0.416. The summed E-state index contributed by atoms with van der Waals surface area (Å²) in [5, 5.41) is 14.2. The second-order valence-corrected chi connectivity index (χ2v) is 4.85. The Hall–Kier alpha value is -2.08. The summed E-state index contributed by atoms with van der Waals surface area (Å²) in [6.45, 7) is 5.78. The summed E-state index contributed by atoms with van der Waals surface area (Å²) in [4.78, 5) is 0. The van der Waals surface area contributed by atoms with Gasteiger partial charge in [-0.2, -0.15) is 0 Å². The van der Waals surface area contributed by atoms with Crippen molar-refractivity contribution in [2.75, 3.05) is 19.0 Å². The molecule has 0 atom stereocenters. The number of aromatic nitrogens is 2. The number of hydrogen-bond acceptors (Lipinski definition) is 6. The van der Waals surface area contributed by atoms with Crippen LogP contribution in [0.5, 0.6) is 5.75 Å². The molecular formula is C14H20N4O2. The Morgan fingerprint density at radius 1 is 1.25 bits per heavy atom. The quantitative estimate of drug-likeness (QED) is 0.809. The van der Waals surface area contributed by atoms with Crippen molar-refractivity contribution in [3.8, 4) is 5.75 Å². The first-order valence-corrected chi connectivity index (χ1v) is 6.62. The fourth-order valence-corrected chi connectivity index (χ4v) is 1.71. The lowest BCUT2D eigenvalue weighted by atomic mass is 10.2. The molecule has 2 N–H and O–H groups in total. The van der Waals surface area contributed by atoms with Crippen LogP contribution in [-0.4, -0.2) is 23.9 Å². The zero-order chi connectivity index (χ0) is 14.4. The van der Waals surface area contributed by atoms with Crippen LogP contribution < -0.4 is 15.4 Å². The number of hydrogen-bond donors (Lipinski definition) is 2. The van der Waals surface area contributed by atoms with Gasteiger partial charge in [0.15, 0.2) is 0 Å². The van der Waals surface area contributed by atoms with Crippen molar-refractivity contribution in [1.29, 1.82) is 0 Å². The number of para-hydroxylation sites is 2. The van der Waals surface area contributed by atoms with E-state index in [4.69, 9.17) is 9.15 Å². The molecule has 0 fully saturated rings. The van der Waals surface area contributed by atoms with E-state index in [9.17, 15) is 0 Å². The van der Waals surface area contributed by atoms with Crippen LogP contribution in [0.3, 0.4) is 0 Å². The summed E-state index contributed by atoms with van der Waals surface area (Å²) in [6, 6.07) is 7.92. The maximum atomic E-state index is 5.52. The largest absolute Gasteiger partial charge is 0.495 e. The van der Waals surface area contributed by atoms with Crippen LogP contribution in [0.15, 0.2) is 28.7 Å². The molecule has 0 saturated carbocycles. The number of anilines is 2. The highest BCUT2D eigenvalue weighted by molar-refractivity contribution is 5.61. The molecule has 6 heteroatoms. The molecule has 0 bridgehead atoms. The Labute approximate surface area is 118 Å². The third-order valence-electron chi connectivity index (χ3n) is 2.64. The minimum absolute atomic E-state index is 0.357. The van der Waals surface area contributed by atoms with Gasteiger partial charge in [-0.15, -0.1) is 5.10 Å². The number of nitrogens with one attached hydrogen (secondary N) is 2.